The predicted octanol–water partition coefficient (Wildman–Crippen LogP) is 1.74. The first-order valence-electron chi connectivity index (χ1n) is 6.24. The smallest absolute Gasteiger partial charge is 0.211 e. The van der Waals surface area contributed by atoms with Crippen molar-refractivity contribution in [3.05, 3.63) is 0 Å². The van der Waals surface area contributed by atoms with Crippen LogP contribution in [0.1, 0.15) is 32.6 Å². The molecule has 1 rings (SSSR count). The van der Waals surface area contributed by atoms with Crippen LogP contribution in [0.4, 0.5) is 0 Å². The normalized spacial score (nSPS) is 25.3. The maximum Gasteiger partial charge on any atom is 0.211 e. The van der Waals surface area contributed by atoms with Gasteiger partial charge >= 0.3 is 0 Å². The molecule has 0 bridgehead atoms. The zero-order valence-corrected chi connectivity index (χ0v) is 11.9. The first-order chi connectivity index (χ1) is 8.09. The summed E-state index contributed by atoms with van der Waals surface area (Å²) in [4.78, 5) is 0. The monoisotopic (exact) mass is 283 g/mol. The van der Waals surface area contributed by atoms with E-state index in [2.05, 4.69) is 11.6 Å². The second-order valence-electron chi connectivity index (χ2n) is 4.43. The van der Waals surface area contributed by atoms with E-state index in [1.54, 1.807) is 0 Å². The summed E-state index contributed by atoms with van der Waals surface area (Å²) in [6.45, 7) is 3.32. The van der Waals surface area contributed by atoms with Crippen LogP contribution < -0.4 is 4.72 Å². The number of hydrogen-bond acceptors (Lipinski definition) is 3. The third-order valence-electron chi connectivity index (χ3n) is 3.11. The molecule has 0 aromatic heterocycles. The number of alkyl halides is 1. The fourth-order valence-electron chi connectivity index (χ4n) is 2.07. The second-order valence-corrected chi connectivity index (χ2v) is 6.73. The summed E-state index contributed by atoms with van der Waals surface area (Å²) < 4.78 is 31.5. The molecule has 0 amide bonds. The second kappa shape index (κ2) is 7.56. The lowest BCUT2D eigenvalue weighted by molar-refractivity contribution is 0.0884. The van der Waals surface area contributed by atoms with E-state index in [1.807, 2.05) is 0 Å². The van der Waals surface area contributed by atoms with E-state index in [-0.39, 0.29) is 11.9 Å². The van der Waals surface area contributed by atoms with Gasteiger partial charge in [0.2, 0.25) is 10.0 Å². The van der Waals surface area contributed by atoms with E-state index in [1.165, 1.54) is 0 Å². The fourth-order valence-corrected chi connectivity index (χ4v) is 3.46. The Hall–Kier alpha value is 0.160. The molecule has 2 unspecified atom stereocenters. The number of nitrogens with one attached hydrogen (secondary N) is 1. The van der Waals surface area contributed by atoms with E-state index < -0.39 is 10.0 Å². The van der Waals surface area contributed by atoms with Gasteiger partial charge in [0.1, 0.15) is 0 Å². The highest BCUT2D eigenvalue weighted by Gasteiger charge is 2.27. The highest BCUT2D eigenvalue weighted by molar-refractivity contribution is 7.89. The van der Waals surface area contributed by atoms with E-state index >= 15 is 0 Å². The van der Waals surface area contributed by atoms with Gasteiger partial charge in [-0.15, -0.1) is 11.6 Å². The van der Waals surface area contributed by atoms with Crippen molar-refractivity contribution in [3.8, 4) is 0 Å². The SMILES string of the molecule is CCC1OCCC1CNS(=O)(=O)CCCCCl. The molecule has 1 aliphatic heterocycles. The van der Waals surface area contributed by atoms with Gasteiger partial charge in [0.05, 0.1) is 11.9 Å². The quantitative estimate of drug-likeness (QED) is 0.545. The lowest BCUT2D eigenvalue weighted by atomic mass is 10.0. The predicted molar refractivity (Wildman–Crippen MR) is 69.9 cm³/mol. The summed E-state index contributed by atoms with van der Waals surface area (Å²) in [5, 5.41) is 0. The molecule has 1 heterocycles. The number of hydrogen-bond donors (Lipinski definition) is 1. The number of rotatable bonds is 8. The van der Waals surface area contributed by atoms with E-state index in [9.17, 15) is 8.42 Å². The molecule has 0 saturated carbocycles. The number of ether oxygens (including phenoxy) is 1. The molecule has 0 aliphatic carbocycles. The minimum absolute atomic E-state index is 0.171. The van der Waals surface area contributed by atoms with E-state index in [0.29, 0.717) is 24.8 Å². The van der Waals surface area contributed by atoms with Crippen LogP contribution in [0.3, 0.4) is 0 Å². The minimum atomic E-state index is -3.14. The molecule has 1 aliphatic rings. The zero-order chi connectivity index (χ0) is 12.7. The summed E-state index contributed by atoms with van der Waals surface area (Å²) in [5.74, 6) is 1.01. The van der Waals surface area contributed by atoms with Crippen LogP contribution in [0.15, 0.2) is 0 Å². The van der Waals surface area contributed by atoms with Crippen molar-refractivity contribution in [2.75, 3.05) is 24.8 Å². The lowest BCUT2D eigenvalue weighted by Gasteiger charge is -2.17. The van der Waals surface area contributed by atoms with Crippen LogP contribution >= 0.6 is 11.6 Å². The molecule has 2 atom stereocenters. The number of unbranched alkanes of at least 4 members (excludes halogenated alkanes) is 1. The highest BCUT2D eigenvalue weighted by Crippen LogP contribution is 2.22. The Morgan fingerprint density at radius 1 is 1.41 bits per heavy atom. The van der Waals surface area contributed by atoms with Crippen molar-refractivity contribution in [1.82, 2.24) is 4.72 Å². The summed E-state index contributed by atoms with van der Waals surface area (Å²) >= 11 is 5.52. The molecule has 0 spiro atoms. The third-order valence-corrected chi connectivity index (χ3v) is 4.81. The third kappa shape index (κ3) is 5.55. The molecule has 6 heteroatoms. The molecule has 17 heavy (non-hydrogen) atoms. The average molecular weight is 284 g/mol. The molecule has 1 N–H and O–H groups in total. The lowest BCUT2D eigenvalue weighted by Crippen LogP contribution is -2.34. The van der Waals surface area contributed by atoms with Crippen LogP contribution in [0.5, 0.6) is 0 Å². The van der Waals surface area contributed by atoms with Gasteiger partial charge in [-0.2, -0.15) is 0 Å². The van der Waals surface area contributed by atoms with Crippen LogP contribution in [0, 0.1) is 5.92 Å². The minimum Gasteiger partial charge on any atom is -0.378 e. The molecular weight excluding hydrogens is 262 g/mol. The van der Waals surface area contributed by atoms with Gasteiger partial charge in [-0.3, -0.25) is 0 Å². The van der Waals surface area contributed by atoms with Gasteiger partial charge in [0, 0.05) is 24.9 Å². The van der Waals surface area contributed by atoms with Crippen molar-refractivity contribution in [1.29, 1.82) is 0 Å². The maximum absolute atomic E-state index is 11.7. The standard InChI is InChI=1S/C11H22ClNO3S/c1-2-11-10(5-7-16-11)9-13-17(14,15)8-4-3-6-12/h10-11,13H,2-9H2,1H3. The zero-order valence-electron chi connectivity index (χ0n) is 10.3. The largest absolute Gasteiger partial charge is 0.378 e. The van der Waals surface area contributed by atoms with Gasteiger partial charge in [-0.1, -0.05) is 6.92 Å². The van der Waals surface area contributed by atoms with Crippen molar-refractivity contribution >= 4 is 21.6 Å². The summed E-state index contributed by atoms with van der Waals surface area (Å²) in [7, 11) is -3.14. The molecule has 0 radical (unpaired) electrons. The Morgan fingerprint density at radius 3 is 2.82 bits per heavy atom. The average Bonchev–Trinajstić information content (AvgIpc) is 2.74. The Labute approximate surface area is 109 Å². The topological polar surface area (TPSA) is 55.4 Å². The molecule has 1 fully saturated rings. The van der Waals surface area contributed by atoms with Gasteiger partial charge in [-0.05, 0) is 25.7 Å². The van der Waals surface area contributed by atoms with Crippen LogP contribution in [0.25, 0.3) is 0 Å². The number of halogens is 1. The Kier molecular flexibility index (Phi) is 6.77. The molecule has 4 nitrogen and oxygen atoms in total. The first kappa shape index (κ1) is 15.2. The van der Waals surface area contributed by atoms with Crippen molar-refractivity contribution in [2.45, 2.75) is 38.7 Å². The first-order valence-corrected chi connectivity index (χ1v) is 8.42. The van der Waals surface area contributed by atoms with Crippen molar-refractivity contribution < 1.29 is 13.2 Å². The Morgan fingerprint density at radius 2 is 2.18 bits per heavy atom. The van der Waals surface area contributed by atoms with Gasteiger partial charge < -0.3 is 4.74 Å². The maximum atomic E-state index is 11.7. The van der Waals surface area contributed by atoms with Crippen molar-refractivity contribution in [2.24, 2.45) is 5.92 Å². The summed E-state index contributed by atoms with van der Waals surface area (Å²) in [5.41, 5.74) is 0. The van der Waals surface area contributed by atoms with Gasteiger partial charge in [0.25, 0.3) is 0 Å². The van der Waals surface area contributed by atoms with Gasteiger partial charge in [0.15, 0.2) is 0 Å². The molecule has 0 aromatic carbocycles. The van der Waals surface area contributed by atoms with Crippen molar-refractivity contribution in [3.63, 3.8) is 0 Å². The molecular formula is C11H22ClNO3S. The number of sulfonamides is 1. The van der Waals surface area contributed by atoms with Crippen LogP contribution in [-0.4, -0.2) is 39.3 Å². The van der Waals surface area contributed by atoms with Crippen LogP contribution in [-0.2, 0) is 14.8 Å². The molecule has 0 aromatic rings. The highest BCUT2D eigenvalue weighted by atomic mass is 35.5. The van der Waals surface area contributed by atoms with E-state index in [0.717, 1.165) is 25.9 Å². The molecule has 1 saturated heterocycles. The summed E-state index contributed by atoms with van der Waals surface area (Å²) in [6.07, 6.45) is 3.46. The Balaban J connectivity index is 2.28. The molecule has 102 valence electrons. The van der Waals surface area contributed by atoms with E-state index in [4.69, 9.17) is 16.3 Å². The van der Waals surface area contributed by atoms with Crippen LogP contribution in [0.2, 0.25) is 0 Å². The fraction of sp³-hybridized carbons (Fsp3) is 1.00. The summed E-state index contributed by atoms with van der Waals surface area (Å²) in [6, 6.07) is 0. The van der Waals surface area contributed by atoms with Gasteiger partial charge in [-0.25, -0.2) is 13.1 Å². The Bertz CT molecular complexity index is 308.